The van der Waals surface area contributed by atoms with Crippen LogP contribution in [0.15, 0.2) is 18.3 Å². The fraction of sp³-hybridized carbons (Fsp3) is 0.667. The third kappa shape index (κ3) is 3.18. The van der Waals surface area contributed by atoms with E-state index in [9.17, 15) is 4.79 Å². The lowest BCUT2D eigenvalue weighted by Crippen LogP contribution is -2.46. The summed E-state index contributed by atoms with van der Waals surface area (Å²) in [5, 5.41) is 3.36. The van der Waals surface area contributed by atoms with E-state index in [4.69, 9.17) is 0 Å². The fourth-order valence-corrected chi connectivity index (χ4v) is 2.88. The Morgan fingerprint density at radius 1 is 1.42 bits per heavy atom. The summed E-state index contributed by atoms with van der Waals surface area (Å²) in [7, 11) is 0. The Morgan fingerprint density at radius 3 is 2.79 bits per heavy atom. The van der Waals surface area contributed by atoms with Gasteiger partial charge in [0.1, 0.15) is 5.69 Å². The molecule has 0 bridgehead atoms. The topological polar surface area (TPSA) is 37.3 Å². The van der Waals surface area contributed by atoms with Crippen LogP contribution >= 0.6 is 0 Å². The second kappa shape index (κ2) is 6.75. The summed E-state index contributed by atoms with van der Waals surface area (Å²) in [6.45, 7) is 7.96. The minimum absolute atomic E-state index is 0.188. The summed E-state index contributed by atoms with van der Waals surface area (Å²) in [6.07, 6.45) is 5.18. The number of rotatable bonds is 5. The van der Waals surface area contributed by atoms with Crippen LogP contribution in [0.2, 0.25) is 0 Å². The number of nitrogens with zero attached hydrogens (tertiary/aromatic N) is 2. The molecule has 0 atom stereocenters. The zero-order chi connectivity index (χ0) is 13.7. The SMILES string of the molecule is CCCn1cccc1C(=O)N(CC)C1CCNCC1. The molecule has 0 aromatic carbocycles. The Morgan fingerprint density at radius 2 is 2.16 bits per heavy atom. The number of aromatic nitrogens is 1. The van der Waals surface area contributed by atoms with Crippen molar-refractivity contribution in [2.75, 3.05) is 19.6 Å². The molecule has 1 amide bonds. The Kier molecular flexibility index (Phi) is 5.02. The first-order valence-electron chi connectivity index (χ1n) is 7.44. The van der Waals surface area contributed by atoms with Crippen molar-refractivity contribution in [3.63, 3.8) is 0 Å². The number of piperidine rings is 1. The van der Waals surface area contributed by atoms with E-state index in [0.717, 1.165) is 51.1 Å². The van der Waals surface area contributed by atoms with E-state index in [1.54, 1.807) is 0 Å². The lowest BCUT2D eigenvalue weighted by Gasteiger charge is -2.34. The normalized spacial score (nSPS) is 16.5. The minimum atomic E-state index is 0.188. The maximum Gasteiger partial charge on any atom is 0.270 e. The van der Waals surface area contributed by atoms with E-state index >= 15 is 0 Å². The van der Waals surface area contributed by atoms with E-state index in [-0.39, 0.29) is 5.91 Å². The third-order valence-electron chi connectivity index (χ3n) is 3.86. The first-order valence-corrected chi connectivity index (χ1v) is 7.44. The second-order valence-electron chi connectivity index (χ2n) is 5.16. The number of nitrogens with one attached hydrogen (secondary N) is 1. The molecule has 2 heterocycles. The number of aryl methyl sites for hydroxylation is 1. The van der Waals surface area contributed by atoms with Crippen molar-refractivity contribution in [2.45, 2.75) is 45.7 Å². The molecule has 1 N–H and O–H groups in total. The average molecular weight is 263 g/mol. The van der Waals surface area contributed by atoms with Crippen LogP contribution in [-0.4, -0.2) is 41.1 Å². The van der Waals surface area contributed by atoms with E-state index in [2.05, 4.69) is 23.7 Å². The smallest absolute Gasteiger partial charge is 0.270 e. The first-order chi connectivity index (χ1) is 9.27. The minimum Gasteiger partial charge on any atom is -0.344 e. The molecule has 0 aliphatic carbocycles. The highest BCUT2D eigenvalue weighted by Gasteiger charge is 2.26. The van der Waals surface area contributed by atoms with E-state index < -0.39 is 0 Å². The molecule has 0 saturated carbocycles. The predicted molar refractivity (Wildman–Crippen MR) is 77.3 cm³/mol. The average Bonchev–Trinajstić information content (AvgIpc) is 2.89. The predicted octanol–water partition coefficient (Wildman–Crippen LogP) is 2.11. The van der Waals surface area contributed by atoms with Gasteiger partial charge in [0, 0.05) is 25.3 Å². The van der Waals surface area contributed by atoms with Gasteiger partial charge >= 0.3 is 0 Å². The van der Waals surface area contributed by atoms with Gasteiger partial charge in [-0.1, -0.05) is 6.92 Å². The van der Waals surface area contributed by atoms with Gasteiger partial charge in [-0.25, -0.2) is 0 Å². The standard InChI is InChI=1S/C15H25N3O/c1-3-11-17-12-5-6-14(17)15(19)18(4-2)13-7-9-16-10-8-13/h5-6,12-13,16H,3-4,7-11H2,1-2H3. The molecule has 106 valence electrons. The lowest BCUT2D eigenvalue weighted by molar-refractivity contribution is 0.0645. The van der Waals surface area contributed by atoms with Crippen LogP contribution < -0.4 is 5.32 Å². The molecule has 0 spiro atoms. The van der Waals surface area contributed by atoms with Crippen LogP contribution in [0, 0.1) is 0 Å². The van der Waals surface area contributed by atoms with Crippen LogP contribution in [0.25, 0.3) is 0 Å². The van der Waals surface area contributed by atoms with Crippen LogP contribution in [0.1, 0.15) is 43.6 Å². The number of amides is 1. The Labute approximate surface area is 115 Å². The summed E-state index contributed by atoms with van der Waals surface area (Å²) in [5.41, 5.74) is 0.835. The molecule has 4 heteroatoms. The number of hydrogen-bond acceptors (Lipinski definition) is 2. The summed E-state index contributed by atoms with van der Waals surface area (Å²) in [6, 6.07) is 4.31. The fourth-order valence-electron chi connectivity index (χ4n) is 2.88. The van der Waals surface area contributed by atoms with E-state index in [1.165, 1.54) is 0 Å². The zero-order valence-corrected chi connectivity index (χ0v) is 12.1. The highest BCUT2D eigenvalue weighted by Crippen LogP contribution is 2.16. The van der Waals surface area contributed by atoms with Gasteiger partial charge in [-0.05, 0) is 51.4 Å². The molecule has 4 nitrogen and oxygen atoms in total. The molecule has 19 heavy (non-hydrogen) atoms. The van der Waals surface area contributed by atoms with Crippen molar-refractivity contribution in [1.29, 1.82) is 0 Å². The van der Waals surface area contributed by atoms with Gasteiger partial charge in [0.25, 0.3) is 5.91 Å². The van der Waals surface area contributed by atoms with E-state index in [0.29, 0.717) is 6.04 Å². The molecule has 1 aliphatic heterocycles. The molecule has 0 radical (unpaired) electrons. The maximum atomic E-state index is 12.7. The van der Waals surface area contributed by atoms with Crippen molar-refractivity contribution >= 4 is 5.91 Å². The summed E-state index contributed by atoms with van der Waals surface area (Å²) in [4.78, 5) is 14.8. The van der Waals surface area contributed by atoms with Gasteiger partial charge in [-0.15, -0.1) is 0 Å². The van der Waals surface area contributed by atoms with Crippen LogP contribution in [0.5, 0.6) is 0 Å². The highest BCUT2D eigenvalue weighted by atomic mass is 16.2. The highest BCUT2D eigenvalue weighted by molar-refractivity contribution is 5.93. The number of carbonyl (C=O) groups excluding carboxylic acids is 1. The van der Waals surface area contributed by atoms with Crippen molar-refractivity contribution < 1.29 is 4.79 Å². The van der Waals surface area contributed by atoms with Crippen LogP contribution in [0.4, 0.5) is 0 Å². The Bertz CT molecular complexity index is 407. The summed E-state index contributed by atoms with van der Waals surface area (Å²) >= 11 is 0. The van der Waals surface area contributed by atoms with Crippen LogP contribution in [0.3, 0.4) is 0 Å². The van der Waals surface area contributed by atoms with E-state index in [1.807, 2.05) is 23.2 Å². The van der Waals surface area contributed by atoms with Gasteiger partial charge in [-0.3, -0.25) is 4.79 Å². The summed E-state index contributed by atoms with van der Waals surface area (Å²) in [5.74, 6) is 0.188. The molecule has 1 aromatic heterocycles. The van der Waals surface area contributed by atoms with Crippen molar-refractivity contribution in [3.05, 3.63) is 24.0 Å². The molecule has 1 saturated heterocycles. The zero-order valence-electron chi connectivity index (χ0n) is 12.1. The maximum absolute atomic E-state index is 12.7. The van der Waals surface area contributed by atoms with Crippen molar-refractivity contribution in [1.82, 2.24) is 14.8 Å². The molecule has 1 aliphatic rings. The number of hydrogen-bond donors (Lipinski definition) is 1. The molecule has 2 rings (SSSR count). The number of carbonyl (C=O) groups is 1. The first kappa shape index (κ1) is 14.1. The second-order valence-corrected chi connectivity index (χ2v) is 5.16. The van der Waals surface area contributed by atoms with Gasteiger partial charge < -0.3 is 14.8 Å². The molecule has 1 aromatic rings. The van der Waals surface area contributed by atoms with Crippen LogP contribution in [-0.2, 0) is 6.54 Å². The monoisotopic (exact) mass is 263 g/mol. The van der Waals surface area contributed by atoms with Gasteiger partial charge in [0.15, 0.2) is 0 Å². The molecule has 1 fully saturated rings. The Hall–Kier alpha value is -1.29. The quantitative estimate of drug-likeness (QED) is 0.883. The molecule has 0 unspecified atom stereocenters. The third-order valence-corrected chi connectivity index (χ3v) is 3.86. The molecular weight excluding hydrogens is 238 g/mol. The molecular formula is C15H25N3O. The lowest BCUT2D eigenvalue weighted by atomic mass is 10.0. The van der Waals surface area contributed by atoms with Gasteiger partial charge in [-0.2, -0.15) is 0 Å². The van der Waals surface area contributed by atoms with Gasteiger partial charge in [0.05, 0.1) is 0 Å². The summed E-state index contributed by atoms with van der Waals surface area (Å²) < 4.78 is 2.08. The van der Waals surface area contributed by atoms with Gasteiger partial charge in [0.2, 0.25) is 0 Å². The van der Waals surface area contributed by atoms with Crippen molar-refractivity contribution in [3.8, 4) is 0 Å². The van der Waals surface area contributed by atoms with Crippen molar-refractivity contribution in [2.24, 2.45) is 0 Å². The largest absolute Gasteiger partial charge is 0.344 e. The Balaban J connectivity index is 2.12.